The molecule has 0 amide bonds. The minimum absolute atomic E-state index is 0.0344. The van der Waals surface area contributed by atoms with Gasteiger partial charge in [-0.2, -0.15) is 16.1 Å². The first-order valence-corrected chi connectivity index (χ1v) is 9.43. The molecule has 1 aromatic carbocycles. The molecule has 1 aromatic rings. The summed E-state index contributed by atoms with van der Waals surface area (Å²) in [5.41, 5.74) is 0.946. The fourth-order valence-electron chi connectivity index (χ4n) is 2.33. The number of nitrogens with one attached hydrogen (secondary N) is 1. The molecule has 1 aliphatic rings. The first-order valence-electron chi connectivity index (χ1n) is 6.94. The third kappa shape index (κ3) is 3.13. The Morgan fingerprint density at radius 2 is 1.95 bits per heavy atom. The Bertz CT molecular complexity index is 543. The topological polar surface area (TPSA) is 49.4 Å². The highest BCUT2D eigenvalue weighted by molar-refractivity contribution is 8.00. The molecule has 1 saturated heterocycles. The van der Waals surface area contributed by atoms with Crippen molar-refractivity contribution in [1.29, 1.82) is 0 Å². The van der Waals surface area contributed by atoms with E-state index in [2.05, 4.69) is 12.2 Å². The molecule has 0 saturated carbocycles. The highest BCUT2D eigenvalue weighted by Crippen LogP contribution is 2.29. The van der Waals surface area contributed by atoms with Crippen LogP contribution >= 0.6 is 11.8 Å². The molecule has 1 fully saturated rings. The minimum Gasteiger partial charge on any atom is -0.385 e. The van der Waals surface area contributed by atoms with Crippen molar-refractivity contribution in [1.82, 2.24) is 4.31 Å². The van der Waals surface area contributed by atoms with E-state index in [1.54, 1.807) is 16.4 Å². The van der Waals surface area contributed by atoms with Gasteiger partial charge in [-0.25, -0.2) is 8.42 Å². The summed E-state index contributed by atoms with van der Waals surface area (Å²) >= 11 is 1.83. The molecular weight excluding hydrogens is 292 g/mol. The second-order valence-electron chi connectivity index (χ2n) is 4.99. The van der Waals surface area contributed by atoms with Gasteiger partial charge in [0.1, 0.15) is 0 Å². The predicted octanol–water partition coefficient (Wildman–Crippen LogP) is 2.63. The number of anilines is 1. The van der Waals surface area contributed by atoms with Crippen LogP contribution in [0.15, 0.2) is 29.2 Å². The number of sulfonamides is 1. The molecule has 2 rings (SSSR count). The monoisotopic (exact) mass is 314 g/mol. The maximum absolute atomic E-state index is 12.7. The fourth-order valence-corrected chi connectivity index (χ4v) is 5.32. The zero-order chi connectivity index (χ0) is 14.8. The zero-order valence-electron chi connectivity index (χ0n) is 12.2. The molecule has 0 aromatic heterocycles. The summed E-state index contributed by atoms with van der Waals surface area (Å²) in [6.07, 6.45) is 0. The van der Waals surface area contributed by atoms with Gasteiger partial charge in [0.05, 0.1) is 4.90 Å². The quantitative estimate of drug-likeness (QED) is 0.928. The van der Waals surface area contributed by atoms with Crippen LogP contribution in [-0.4, -0.2) is 42.9 Å². The van der Waals surface area contributed by atoms with Gasteiger partial charge in [-0.15, -0.1) is 0 Å². The molecule has 0 radical (unpaired) electrons. The third-order valence-electron chi connectivity index (χ3n) is 3.67. The van der Waals surface area contributed by atoms with E-state index in [0.29, 0.717) is 16.7 Å². The number of benzene rings is 1. The second-order valence-corrected chi connectivity index (χ2v) is 8.36. The van der Waals surface area contributed by atoms with E-state index in [1.807, 2.05) is 37.7 Å². The van der Waals surface area contributed by atoms with Crippen LogP contribution in [0, 0.1) is 0 Å². The molecule has 2 unspecified atom stereocenters. The molecule has 1 N–H and O–H groups in total. The van der Waals surface area contributed by atoms with Crippen molar-refractivity contribution in [3.8, 4) is 0 Å². The van der Waals surface area contributed by atoms with Crippen LogP contribution < -0.4 is 5.32 Å². The molecule has 1 aliphatic heterocycles. The molecule has 0 aliphatic carbocycles. The van der Waals surface area contributed by atoms with Gasteiger partial charge in [0.25, 0.3) is 0 Å². The third-order valence-corrected chi connectivity index (χ3v) is 7.01. The number of hydrogen-bond acceptors (Lipinski definition) is 4. The molecular formula is C14H22N2O2S2. The van der Waals surface area contributed by atoms with E-state index in [4.69, 9.17) is 0 Å². The molecule has 0 spiro atoms. The normalized spacial score (nSPS) is 24.6. The number of hydrogen-bond donors (Lipinski definition) is 1. The molecule has 6 heteroatoms. The maximum atomic E-state index is 12.7. The largest absolute Gasteiger partial charge is 0.385 e. The summed E-state index contributed by atoms with van der Waals surface area (Å²) in [7, 11) is -3.38. The van der Waals surface area contributed by atoms with Crippen LogP contribution in [-0.2, 0) is 10.0 Å². The van der Waals surface area contributed by atoms with Gasteiger partial charge in [-0.05, 0) is 38.1 Å². The molecule has 20 heavy (non-hydrogen) atoms. The SMILES string of the molecule is CCNc1ccc(S(=O)(=O)N2CCSC(C)C2C)cc1. The van der Waals surface area contributed by atoms with Crippen molar-refractivity contribution in [2.24, 2.45) is 0 Å². The van der Waals surface area contributed by atoms with E-state index in [9.17, 15) is 8.42 Å². The van der Waals surface area contributed by atoms with Gasteiger partial charge in [0.2, 0.25) is 10.0 Å². The summed E-state index contributed by atoms with van der Waals surface area (Å²) in [4.78, 5) is 0.380. The predicted molar refractivity (Wildman–Crippen MR) is 85.9 cm³/mol. The smallest absolute Gasteiger partial charge is 0.243 e. The Morgan fingerprint density at radius 1 is 1.30 bits per heavy atom. The van der Waals surface area contributed by atoms with Crippen molar-refractivity contribution in [2.75, 3.05) is 24.2 Å². The van der Waals surface area contributed by atoms with E-state index >= 15 is 0 Å². The lowest BCUT2D eigenvalue weighted by molar-refractivity contribution is 0.340. The Balaban J connectivity index is 2.25. The van der Waals surface area contributed by atoms with Crippen molar-refractivity contribution < 1.29 is 8.42 Å². The van der Waals surface area contributed by atoms with Crippen LogP contribution in [0.1, 0.15) is 20.8 Å². The van der Waals surface area contributed by atoms with E-state index < -0.39 is 10.0 Å². The lowest BCUT2D eigenvalue weighted by atomic mass is 10.2. The molecule has 1 heterocycles. The van der Waals surface area contributed by atoms with E-state index in [-0.39, 0.29) is 6.04 Å². The summed E-state index contributed by atoms with van der Waals surface area (Å²) in [6.45, 7) is 7.50. The lowest BCUT2D eigenvalue weighted by Crippen LogP contribution is -2.47. The standard InChI is InChI=1S/C14H22N2O2S2/c1-4-15-13-5-7-14(8-6-13)20(17,18)16-9-10-19-12(3)11(16)2/h5-8,11-12,15H,4,9-10H2,1-3H3. The van der Waals surface area contributed by atoms with Crippen LogP contribution in [0.3, 0.4) is 0 Å². The summed E-state index contributed by atoms with van der Waals surface area (Å²) < 4.78 is 27.1. The summed E-state index contributed by atoms with van der Waals surface area (Å²) in [5.74, 6) is 0.861. The lowest BCUT2D eigenvalue weighted by Gasteiger charge is -2.36. The Morgan fingerprint density at radius 3 is 2.55 bits per heavy atom. The van der Waals surface area contributed by atoms with Crippen LogP contribution in [0.4, 0.5) is 5.69 Å². The Kier molecular flexibility index (Phi) is 4.99. The minimum atomic E-state index is -3.38. The fraction of sp³-hybridized carbons (Fsp3) is 0.571. The number of nitrogens with zero attached hydrogens (tertiary/aromatic N) is 1. The first-order chi connectivity index (χ1) is 9.46. The van der Waals surface area contributed by atoms with Gasteiger partial charge in [0.15, 0.2) is 0 Å². The summed E-state index contributed by atoms with van der Waals surface area (Å²) in [6, 6.07) is 7.05. The molecule has 4 nitrogen and oxygen atoms in total. The molecule has 112 valence electrons. The van der Waals surface area contributed by atoms with Crippen LogP contribution in [0.2, 0.25) is 0 Å². The highest BCUT2D eigenvalue weighted by Gasteiger charge is 2.34. The number of thioether (sulfide) groups is 1. The van der Waals surface area contributed by atoms with Gasteiger partial charge < -0.3 is 5.32 Å². The first kappa shape index (κ1) is 15.7. The van der Waals surface area contributed by atoms with Crippen LogP contribution in [0.25, 0.3) is 0 Å². The summed E-state index contributed by atoms with van der Waals surface area (Å²) in [5, 5.41) is 3.50. The van der Waals surface area contributed by atoms with E-state index in [1.165, 1.54) is 0 Å². The van der Waals surface area contributed by atoms with Crippen molar-refractivity contribution >= 4 is 27.5 Å². The van der Waals surface area contributed by atoms with Gasteiger partial charge in [-0.1, -0.05) is 6.92 Å². The Labute approximate surface area is 126 Å². The molecule has 0 bridgehead atoms. The number of rotatable bonds is 4. The van der Waals surface area contributed by atoms with Crippen LogP contribution in [0.5, 0.6) is 0 Å². The average molecular weight is 314 g/mol. The van der Waals surface area contributed by atoms with Crippen molar-refractivity contribution in [2.45, 2.75) is 37.0 Å². The Hall–Kier alpha value is -0.720. The van der Waals surface area contributed by atoms with E-state index in [0.717, 1.165) is 18.0 Å². The van der Waals surface area contributed by atoms with Gasteiger partial charge in [0, 0.05) is 35.8 Å². The van der Waals surface area contributed by atoms with Gasteiger partial charge >= 0.3 is 0 Å². The van der Waals surface area contributed by atoms with Crippen molar-refractivity contribution in [3.05, 3.63) is 24.3 Å². The average Bonchev–Trinajstić information content (AvgIpc) is 2.42. The maximum Gasteiger partial charge on any atom is 0.243 e. The van der Waals surface area contributed by atoms with Crippen molar-refractivity contribution in [3.63, 3.8) is 0 Å². The molecule has 2 atom stereocenters. The zero-order valence-corrected chi connectivity index (χ0v) is 13.8. The van der Waals surface area contributed by atoms with Gasteiger partial charge in [-0.3, -0.25) is 0 Å². The second kappa shape index (κ2) is 6.37. The highest BCUT2D eigenvalue weighted by atomic mass is 32.2.